The Bertz CT molecular complexity index is 5060. The Morgan fingerprint density at radius 2 is 0.528 bits per heavy atom. The molecule has 5 heterocycles. The first kappa shape index (κ1) is 89.1. The van der Waals surface area contributed by atoms with Crippen LogP contribution in [0.3, 0.4) is 0 Å². The lowest BCUT2D eigenvalue weighted by atomic mass is 9.88. The van der Waals surface area contributed by atoms with Gasteiger partial charge in [-0.25, -0.2) is 0 Å². The molecule has 0 saturated heterocycles. The Morgan fingerprint density at radius 3 is 0.837 bits per heavy atom. The van der Waals surface area contributed by atoms with Crippen LogP contribution in [0.1, 0.15) is 176 Å². The number of carbonyl (C=O) groups is 5. The summed E-state index contributed by atoms with van der Waals surface area (Å²) in [6.45, 7) is 6.88. The summed E-state index contributed by atoms with van der Waals surface area (Å²) in [5.74, 6) is 1.10. The first-order valence-corrected chi connectivity index (χ1v) is 41.9. The fraction of sp³-hybridized carbons (Fsp3) is 0.167. The van der Waals surface area contributed by atoms with Gasteiger partial charge >= 0.3 is 0 Å². The van der Waals surface area contributed by atoms with Crippen LogP contribution in [0, 0.1) is 13.8 Å². The van der Waals surface area contributed by atoms with Crippen molar-refractivity contribution in [1.29, 1.82) is 0 Å². The van der Waals surface area contributed by atoms with Crippen molar-refractivity contribution in [3.05, 3.63) is 508 Å². The van der Waals surface area contributed by atoms with Crippen molar-refractivity contribution >= 4 is 29.5 Å². The van der Waals surface area contributed by atoms with E-state index >= 15 is 0 Å². The fourth-order valence-electron chi connectivity index (χ4n) is 14.7. The number of nitrogens with one attached hydrogen (secondary N) is 5. The molecule has 618 valence electrons. The normalized spacial score (nSPS) is 10.6. The summed E-state index contributed by atoms with van der Waals surface area (Å²) >= 11 is 0. The third kappa shape index (κ3) is 29.4. The van der Waals surface area contributed by atoms with Crippen LogP contribution in [0.4, 0.5) is 0 Å². The summed E-state index contributed by atoms with van der Waals surface area (Å²) in [5, 5.41) is 15.1. The van der Waals surface area contributed by atoms with Gasteiger partial charge in [-0.1, -0.05) is 309 Å². The molecule has 5 aromatic heterocycles. The van der Waals surface area contributed by atoms with Gasteiger partial charge in [0.25, 0.3) is 23.6 Å². The van der Waals surface area contributed by atoms with E-state index in [1.165, 1.54) is 55.6 Å². The van der Waals surface area contributed by atoms with Crippen molar-refractivity contribution < 1.29 is 24.0 Å². The first-order chi connectivity index (χ1) is 60.5. The van der Waals surface area contributed by atoms with Gasteiger partial charge < -0.3 is 26.6 Å². The zero-order valence-corrected chi connectivity index (χ0v) is 69.7. The van der Waals surface area contributed by atoms with Crippen molar-refractivity contribution in [2.24, 2.45) is 0 Å². The summed E-state index contributed by atoms with van der Waals surface area (Å²) < 4.78 is 0. The maximum absolute atomic E-state index is 12.4. The van der Waals surface area contributed by atoms with Crippen molar-refractivity contribution in [3.63, 3.8) is 0 Å². The molecule has 15 rings (SSSR count). The van der Waals surface area contributed by atoms with Crippen LogP contribution in [0.15, 0.2) is 414 Å². The van der Waals surface area contributed by atoms with Crippen molar-refractivity contribution in [3.8, 4) is 0 Å². The number of hydrogen-bond acceptors (Lipinski definition) is 10. The van der Waals surface area contributed by atoms with E-state index in [9.17, 15) is 24.0 Å². The average Bonchev–Trinajstić information content (AvgIpc) is 0.765. The second kappa shape index (κ2) is 50.3. The van der Waals surface area contributed by atoms with E-state index in [0.29, 0.717) is 61.4 Å². The van der Waals surface area contributed by atoms with Gasteiger partial charge in [0.15, 0.2) is 0 Å². The van der Waals surface area contributed by atoms with Crippen LogP contribution in [-0.4, -0.2) is 87.2 Å². The smallest absolute Gasteiger partial charge is 0.253 e. The summed E-state index contributed by atoms with van der Waals surface area (Å²) in [6, 6.07) is 120. The zero-order valence-electron chi connectivity index (χ0n) is 69.7. The van der Waals surface area contributed by atoms with Crippen molar-refractivity contribution in [2.45, 2.75) is 82.0 Å². The van der Waals surface area contributed by atoms with E-state index < -0.39 is 0 Å². The van der Waals surface area contributed by atoms with Crippen LogP contribution < -0.4 is 26.6 Å². The van der Waals surface area contributed by atoms with Crippen molar-refractivity contribution in [1.82, 2.24) is 51.5 Å². The monoisotopic (exact) mass is 1620 g/mol. The molecule has 0 aliphatic rings. The van der Waals surface area contributed by atoms with E-state index in [-0.39, 0.29) is 59.1 Å². The topological polar surface area (TPSA) is 210 Å². The van der Waals surface area contributed by atoms with Crippen LogP contribution in [0.25, 0.3) is 0 Å². The van der Waals surface area contributed by atoms with Crippen LogP contribution in [0.2, 0.25) is 0 Å². The average molecular weight is 1620 g/mol. The molecule has 0 fully saturated rings. The maximum atomic E-state index is 12.4. The summed E-state index contributed by atoms with van der Waals surface area (Å²) in [4.78, 5) is 81.4. The zero-order chi connectivity index (χ0) is 85.5. The van der Waals surface area contributed by atoms with E-state index in [2.05, 4.69) is 294 Å². The van der Waals surface area contributed by atoms with Gasteiger partial charge in [-0.05, 0) is 161 Å². The molecule has 0 spiro atoms. The van der Waals surface area contributed by atoms with Crippen LogP contribution >= 0.6 is 0 Å². The Kier molecular flexibility index (Phi) is 36.4. The number of aromatic nitrogens is 5. The predicted octanol–water partition coefficient (Wildman–Crippen LogP) is 20.7. The minimum absolute atomic E-state index is 0.0351. The van der Waals surface area contributed by atoms with Crippen LogP contribution in [0.5, 0.6) is 0 Å². The standard InChI is InChI=1S/3C22H22N2O.2C21H20N2O/c1-17-20(13-8-15-23-17)22(25)24-16-14-21(18-9-4-2-5-10-18)19-11-6-3-7-12-19;1-17-12-14-23-16-21(17)22(25)24-15-13-20(18-8-4-2-5-9-18)19-10-6-3-7-11-19;25-22(16-18-8-7-14-23-17-18)24-15-13-21(19-9-3-1-4-10-19)20-11-5-2-6-12-20;24-21(19-12-7-14-22-16-19)23-15-13-20(17-8-3-1-4-9-17)18-10-5-2-6-11-18;24-21(19-11-14-22-15-12-19)23-16-13-20(17-7-3-1-4-8-17)18-9-5-2-6-10-18/h2-13,15,21H,14,16H2,1H3,(H,24,25);2-12,14,16,20H,13,15H2,1H3,(H,24,25);1-12,14,17,21H,13,15-16H2,(H,24,25);1-12,14,16,20H,13,15H2,(H,23,24);1-12,14-15,20H,13,16H2,(H,23,24). The number of aryl methyl sites for hydroxylation is 2. The van der Waals surface area contributed by atoms with Gasteiger partial charge in [0, 0.05) is 129 Å². The molecule has 0 radical (unpaired) electrons. The summed E-state index contributed by atoms with van der Waals surface area (Å²) in [6.07, 6.45) is 19.6. The molecule has 15 heteroatoms. The molecule has 0 unspecified atom stereocenters. The van der Waals surface area contributed by atoms with Gasteiger partial charge in [0.2, 0.25) is 5.91 Å². The number of hydrogen-bond donors (Lipinski definition) is 5. The molecule has 0 saturated carbocycles. The minimum Gasteiger partial charge on any atom is -0.356 e. The number of rotatable bonds is 31. The van der Waals surface area contributed by atoms with Gasteiger partial charge in [0.1, 0.15) is 0 Å². The predicted molar refractivity (Wildman–Crippen MR) is 493 cm³/mol. The van der Waals surface area contributed by atoms with E-state index in [1.807, 2.05) is 98.8 Å². The molecule has 123 heavy (non-hydrogen) atoms. The molecule has 10 aromatic carbocycles. The lowest BCUT2D eigenvalue weighted by molar-refractivity contribution is -0.120. The molecule has 5 amide bonds. The summed E-state index contributed by atoms with van der Waals surface area (Å²) in [7, 11) is 0. The highest BCUT2D eigenvalue weighted by Crippen LogP contribution is 2.33. The molecular formula is C108H106N10O5. The number of nitrogens with zero attached hydrogens (tertiary/aromatic N) is 5. The fourth-order valence-corrected chi connectivity index (χ4v) is 14.7. The molecule has 0 bridgehead atoms. The molecule has 15 nitrogen and oxygen atoms in total. The van der Waals surface area contributed by atoms with E-state index in [4.69, 9.17) is 0 Å². The van der Waals surface area contributed by atoms with Gasteiger partial charge in [0.05, 0.1) is 23.1 Å². The van der Waals surface area contributed by atoms with E-state index in [1.54, 1.807) is 86.1 Å². The second-order valence-electron chi connectivity index (χ2n) is 29.5. The quantitative estimate of drug-likeness (QED) is 0.0277. The number of benzene rings is 10. The Balaban J connectivity index is 0.000000150. The molecule has 0 aliphatic carbocycles. The second-order valence-corrected chi connectivity index (χ2v) is 29.5. The lowest BCUT2D eigenvalue weighted by Gasteiger charge is -2.18. The highest BCUT2D eigenvalue weighted by molar-refractivity contribution is 5.96. The van der Waals surface area contributed by atoms with Gasteiger partial charge in [-0.2, -0.15) is 0 Å². The Morgan fingerprint density at radius 1 is 0.244 bits per heavy atom. The lowest BCUT2D eigenvalue weighted by Crippen LogP contribution is -2.27. The molecule has 0 atom stereocenters. The Labute approximate surface area is 723 Å². The number of carbonyl (C=O) groups excluding carboxylic acids is 5. The summed E-state index contributed by atoms with van der Waals surface area (Å²) in [5.41, 5.74) is 17.8. The molecule has 0 aliphatic heterocycles. The minimum atomic E-state index is -0.0806. The Hall–Kier alpha value is -14.7. The largest absolute Gasteiger partial charge is 0.356 e. The third-order valence-electron chi connectivity index (χ3n) is 21.1. The highest BCUT2D eigenvalue weighted by Gasteiger charge is 2.21. The molecular weight excluding hydrogens is 1520 g/mol. The van der Waals surface area contributed by atoms with Gasteiger partial charge in [-0.3, -0.25) is 48.9 Å². The van der Waals surface area contributed by atoms with Crippen molar-refractivity contribution in [2.75, 3.05) is 32.7 Å². The molecule has 15 aromatic rings. The third-order valence-corrected chi connectivity index (χ3v) is 21.1. The van der Waals surface area contributed by atoms with E-state index in [0.717, 1.165) is 48.9 Å². The maximum Gasteiger partial charge on any atom is 0.253 e. The SMILES string of the molecule is Cc1ccncc1C(=O)NCCC(c1ccccc1)c1ccccc1.Cc1ncccc1C(=O)NCCC(c1ccccc1)c1ccccc1.O=C(Cc1cccnc1)NCCC(c1ccccc1)c1ccccc1.O=C(NCCC(c1ccccc1)c1ccccc1)c1cccnc1.O=C(NCCC(c1ccccc1)c1ccccc1)c1ccncc1. The van der Waals surface area contributed by atoms with Crippen LogP contribution in [-0.2, 0) is 11.2 Å². The highest BCUT2D eigenvalue weighted by atomic mass is 16.2. The van der Waals surface area contributed by atoms with Gasteiger partial charge in [-0.15, -0.1) is 0 Å². The number of amides is 5. The number of pyridine rings is 5. The molecule has 5 N–H and O–H groups in total. The first-order valence-electron chi connectivity index (χ1n) is 41.9.